The second-order valence-corrected chi connectivity index (χ2v) is 5.02. The molecule has 1 heterocycles. The lowest BCUT2D eigenvalue weighted by atomic mass is 10.0. The zero-order chi connectivity index (χ0) is 16.2. The molecule has 1 aromatic heterocycles. The summed E-state index contributed by atoms with van der Waals surface area (Å²) >= 11 is 0. The molecule has 0 amide bonds. The van der Waals surface area contributed by atoms with E-state index in [9.17, 15) is 4.79 Å². The van der Waals surface area contributed by atoms with E-state index in [2.05, 4.69) is 4.98 Å². The minimum absolute atomic E-state index is 0.345. The largest absolute Gasteiger partial charge is 0.496 e. The Kier molecular flexibility index (Phi) is 4.24. The van der Waals surface area contributed by atoms with Crippen molar-refractivity contribution >= 4 is 16.9 Å². The van der Waals surface area contributed by atoms with Crippen LogP contribution in [-0.2, 0) is 4.74 Å². The van der Waals surface area contributed by atoms with Crippen LogP contribution < -0.4 is 4.74 Å². The van der Waals surface area contributed by atoms with Crippen molar-refractivity contribution in [3.05, 3.63) is 60.3 Å². The normalized spacial score (nSPS) is 10.5. The highest BCUT2D eigenvalue weighted by molar-refractivity contribution is 5.99. The van der Waals surface area contributed by atoms with Crippen LogP contribution in [0.4, 0.5) is 0 Å². The summed E-state index contributed by atoms with van der Waals surface area (Å²) in [5.41, 5.74) is 3.22. The average Bonchev–Trinajstić information content (AvgIpc) is 2.61. The molecule has 3 rings (SSSR count). The van der Waals surface area contributed by atoms with E-state index in [1.165, 1.54) is 0 Å². The third kappa shape index (κ3) is 2.88. The molecule has 0 atom stereocenters. The van der Waals surface area contributed by atoms with Gasteiger partial charge in [-0.3, -0.25) is 4.98 Å². The molecule has 0 aliphatic rings. The van der Waals surface area contributed by atoms with Crippen LogP contribution in [0.5, 0.6) is 5.75 Å². The number of methoxy groups -OCH3 is 1. The van der Waals surface area contributed by atoms with Crippen molar-refractivity contribution in [2.75, 3.05) is 13.7 Å². The SMILES string of the molecule is CCOC(=O)c1cnc2c(-c3ccccc3OC)cccc2c1. The third-order valence-corrected chi connectivity index (χ3v) is 3.62. The van der Waals surface area contributed by atoms with Gasteiger partial charge in [-0.1, -0.05) is 36.4 Å². The number of aromatic nitrogens is 1. The number of pyridine rings is 1. The maximum atomic E-state index is 11.9. The van der Waals surface area contributed by atoms with Gasteiger partial charge in [0.15, 0.2) is 0 Å². The van der Waals surface area contributed by atoms with Crippen molar-refractivity contribution in [2.24, 2.45) is 0 Å². The van der Waals surface area contributed by atoms with E-state index in [0.717, 1.165) is 27.8 Å². The Morgan fingerprint density at radius 1 is 1.09 bits per heavy atom. The van der Waals surface area contributed by atoms with Gasteiger partial charge in [0, 0.05) is 22.7 Å². The first kappa shape index (κ1) is 15.0. The smallest absolute Gasteiger partial charge is 0.339 e. The molecule has 116 valence electrons. The molecule has 0 spiro atoms. The summed E-state index contributed by atoms with van der Waals surface area (Å²) in [7, 11) is 1.65. The summed E-state index contributed by atoms with van der Waals surface area (Å²) in [6.07, 6.45) is 1.55. The first-order valence-electron chi connectivity index (χ1n) is 7.44. The number of carbonyl (C=O) groups excluding carboxylic acids is 1. The van der Waals surface area contributed by atoms with Crippen LogP contribution in [0.15, 0.2) is 54.7 Å². The minimum Gasteiger partial charge on any atom is -0.496 e. The second-order valence-electron chi connectivity index (χ2n) is 5.02. The number of hydrogen-bond donors (Lipinski definition) is 0. The van der Waals surface area contributed by atoms with Crippen molar-refractivity contribution in [2.45, 2.75) is 6.92 Å². The van der Waals surface area contributed by atoms with Gasteiger partial charge in [0.25, 0.3) is 0 Å². The fourth-order valence-electron chi connectivity index (χ4n) is 2.57. The highest BCUT2D eigenvalue weighted by Crippen LogP contribution is 2.34. The molecule has 0 N–H and O–H groups in total. The van der Waals surface area contributed by atoms with Crippen LogP contribution in [0.2, 0.25) is 0 Å². The summed E-state index contributed by atoms with van der Waals surface area (Å²) in [5, 5.41) is 0.888. The number of rotatable bonds is 4. The number of benzene rings is 2. The Labute approximate surface area is 134 Å². The van der Waals surface area contributed by atoms with E-state index < -0.39 is 0 Å². The van der Waals surface area contributed by atoms with Crippen molar-refractivity contribution in [3.8, 4) is 16.9 Å². The highest BCUT2D eigenvalue weighted by Gasteiger charge is 2.12. The molecule has 0 fully saturated rings. The van der Waals surface area contributed by atoms with E-state index in [1.54, 1.807) is 26.3 Å². The molecule has 3 aromatic rings. The Hall–Kier alpha value is -2.88. The quantitative estimate of drug-likeness (QED) is 0.681. The van der Waals surface area contributed by atoms with Gasteiger partial charge < -0.3 is 9.47 Å². The molecular formula is C19H17NO3. The number of hydrogen-bond acceptors (Lipinski definition) is 4. The number of para-hydroxylation sites is 2. The molecule has 4 heteroatoms. The molecule has 0 saturated heterocycles. The predicted molar refractivity (Wildman–Crippen MR) is 89.7 cm³/mol. The van der Waals surface area contributed by atoms with E-state index in [4.69, 9.17) is 9.47 Å². The Bertz CT molecular complexity index is 858. The maximum Gasteiger partial charge on any atom is 0.339 e. The van der Waals surface area contributed by atoms with Crippen LogP contribution in [0, 0.1) is 0 Å². The number of carbonyl (C=O) groups is 1. The average molecular weight is 307 g/mol. The minimum atomic E-state index is -0.357. The third-order valence-electron chi connectivity index (χ3n) is 3.62. The summed E-state index contributed by atoms with van der Waals surface area (Å²) in [6, 6.07) is 15.5. The fourth-order valence-corrected chi connectivity index (χ4v) is 2.57. The number of nitrogens with zero attached hydrogens (tertiary/aromatic N) is 1. The van der Waals surface area contributed by atoms with Gasteiger partial charge >= 0.3 is 5.97 Å². The highest BCUT2D eigenvalue weighted by atomic mass is 16.5. The van der Waals surface area contributed by atoms with E-state index in [-0.39, 0.29) is 5.97 Å². The molecule has 0 saturated carbocycles. The molecular weight excluding hydrogens is 290 g/mol. The van der Waals surface area contributed by atoms with E-state index in [1.807, 2.05) is 42.5 Å². The summed E-state index contributed by atoms with van der Waals surface area (Å²) in [6.45, 7) is 2.13. The summed E-state index contributed by atoms with van der Waals surface area (Å²) in [5.74, 6) is 0.431. The van der Waals surface area contributed by atoms with Gasteiger partial charge in [-0.2, -0.15) is 0 Å². The first-order chi connectivity index (χ1) is 11.2. The van der Waals surface area contributed by atoms with Gasteiger partial charge in [0.05, 0.1) is 24.8 Å². The molecule has 0 radical (unpaired) electrons. The maximum absolute atomic E-state index is 11.9. The molecule has 0 aliphatic carbocycles. The lowest BCUT2D eigenvalue weighted by Crippen LogP contribution is -2.05. The van der Waals surface area contributed by atoms with Gasteiger partial charge in [0.2, 0.25) is 0 Å². The molecule has 4 nitrogen and oxygen atoms in total. The molecule has 0 unspecified atom stereocenters. The van der Waals surface area contributed by atoms with Gasteiger partial charge in [-0.25, -0.2) is 4.79 Å². The molecule has 0 aliphatic heterocycles. The van der Waals surface area contributed by atoms with E-state index in [0.29, 0.717) is 12.2 Å². The Balaban J connectivity index is 2.14. The monoisotopic (exact) mass is 307 g/mol. The van der Waals surface area contributed by atoms with Gasteiger partial charge in [0.1, 0.15) is 5.75 Å². The van der Waals surface area contributed by atoms with Crippen LogP contribution in [0.3, 0.4) is 0 Å². The number of esters is 1. The fraction of sp³-hybridized carbons (Fsp3) is 0.158. The number of ether oxygens (including phenoxy) is 2. The summed E-state index contributed by atoms with van der Waals surface area (Å²) < 4.78 is 10.5. The molecule has 23 heavy (non-hydrogen) atoms. The lowest BCUT2D eigenvalue weighted by molar-refractivity contribution is 0.0526. The topological polar surface area (TPSA) is 48.4 Å². The molecule has 0 bridgehead atoms. The molecule has 2 aromatic carbocycles. The second kappa shape index (κ2) is 6.48. The standard InChI is InChI=1S/C19H17NO3/c1-3-23-19(21)14-11-13-7-6-9-16(18(13)20-12-14)15-8-4-5-10-17(15)22-2/h4-12H,3H2,1-2H3. The van der Waals surface area contributed by atoms with Crippen molar-refractivity contribution < 1.29 is 14.3 Å². The van der Waals surface area contributed by atoms with Crippen molar-refractivity contribution in [1.82, 2.24) is 4.98 Å². The zero-order valence-corrected chi connectivity index (χ0v) is 13.1. The van der Waals surface area contributed by atoms with Gasteiger partial charge in [-0.05, 0) is 19.1 Å². The zero-order valence-electron chi connectivity index (χ0n) is 13.1. The Morgan fingerprint density at radius 2 is 1.87 bits per heavy atom. The lowest BCUT2D eigenvalue weighted by Gasteiger charge is -2.11. The number of fused-ring (bicyclic) bond motifs is 1. The van der Waals surface area contributed by atoms with Crippen LogP contribution in [0.1, 0.15) is 17.3 Å². The van der Waals surface area contributed by atoms with E-state index >= 15 is 0 Å². The van der Waals surface area contributed by atoms with Crippen LogP contribution in [-0.4, -0.2) is 24.7 Å². The van der Waals surface area contributed by atoms with Crippen LogP contribution in [0.25, 0.3) is 22.0 Å². The van der Waals surface area contributed by atoms with Crippen LogP contribution >= 0.6 is 0 Å². The van der Waals surface area contributed by atoms with Crippen molar-refractivity contribution in [1.29, 1.82) is 0 Å². The van der Waals surface area contributed by atoms with Gasteiger partial charge in [-0.15, -0.1) is 0 Å². The van der Waals surface area contributed by atoms with Crippen molar-refractivity contribution in [3.63, 3.8) is 0 Å². The first-order valence-corrected chi connectivity index (χ1v) is 7.44. The summed E-state index contributed by atoms with van der Waals surface area (Å²) in [4.78, 5) is 16.3. The Morgan fingerprint density at radius 3 is 2.65 bits per heavy atom. The predicted octanol–water partition coefficient (Wildman–Crippen LogP) is 4.09.